The molecule has 0 fully saturated rings. The molecule has 0 atom stereocenters. The van der Waals surface area contributed by atoms with Gasteiger partial charge >= 0.3 is 0 Å². The summed E-state index contributed by atoms with van der Waals surface area (Å²) in [6.45, 7) is 0. The average Bonchev–Trinajstić information content (AvgIpc) is 2.46. The maximum Gasteiger partial charge on any atom is 0.120 e. The van der Waals surface area contributed by atoms with Crippen molar-refractivity contribution in [2.45, 2.75) is 0 Å². The van der Waals surface area contributed by atoms with Crippen molar-refractivity contribution in [1.29, 1.82) is 0 Å². The highest BCUT2D eigenvalue weighted by atomic mass is 32.1. The summed E-state index contributed by atoms with van der Waals surface area (Å²) < 4.78 is 5.10. The fraction of sp³-hybridized carbons (Fsp3) is 0.111. The second-order valence-corrected chi connectivity index (χ2v) is 3.14. The smallest absolute Gasteiger partial charge is 0.120 e. The molecule has 56 valence electrons. The number of ether oxygens (including phenoxy) is 1. The van der Waals surface area contributed by atoms with E-state index in [1.54, 1.807) is 18.4 Å². The number of rotatable bonds is 1. The average molecular weight is 164 g/mol. The van der Waals surface area contributed by atoms with Crippen LogP contribution < -0.4 is 4.74 Å². The topological polar surface area (TPSA) is 9.23 Å². The normalized spacial score (nSPS) is 10.3. The Kier molecular flexibility index (Phi) is 1.55. The summed E-state index contributed by atoms with van der Waals surface area (Å²) >= 11 is 1.70. The quantitative estimate of drug-likeness (QED) is 0.629. The van der Waals surface area contributed by atoms with Crippen LogP contribution >= 0.6 is 11.3 Å². The van der Waals surface area contributed by atoms with E-state index < -0.39 is 0 Å². The minimum Gasteiger partial charge on any atom is -0.497 e. The third-order valence-corrected chi connectivity index (χ3v) is 2.37. The van der Waals surface area contributed by atoms with Gasteiger partial charge in [0.2, 0.25) is 0 Å². The molecule has 0 radical (unpaired) electrons. The monoisotopic (exact) mass is 164 g/mol. The van der Waals surface area contributed by atoms with E-state index in [-0.39, 0.29) is 0 Å². The van der Waals surface area contributed by atoms with Crippen LogP contribution in [0.15, 0.2) is 29.0 Å². The van der Waals surface area contributed by atoms with E-state index in [0.29, 0.717) is 0 Å². The minimum atomic E-state index is 0.943. The number of fused-ring (bicyclic) bond motifs is 1. The lowest BCUT2D eigenvalue weighted by Gasteiger charge is -1.91. The van der Waals surface area contributed by atoms with Crippen LogP contribution in [-0.4, -0.2) is 7.11 Å². The van der Waals surface area contributed by atoms with Crippen molar-refractivity contribution in [2.75, 3.05) is 7.11 Å². The molecule has 1 aliphatic carbocycles. The SMILES string of the molecule is COc1cc2ccscc-2c1. The molecule has 2 heteroatoms. The molecule has 0 aromatic rings. The summed E-state index contributed by atoms with van der Waals surface area (Å²) in [5.41, 5.74) is 2.51. The molecule has 11 heavy (non-hydrogen) atoms. The van der Waals surface area contributed by atoms with E-state index in [1.165, 1.54) is 11.1 Å². The second-order valence-electron chi connectivity index (χ2n) is 2.36. The molecule has 2 rings (SSSR count). The maximum atomic E-state index is 5.10. The van der Waals surface area contributed by atoms with Crippen LogP contribution in [-0.2, 0) is 0 Å². The van der Waals surface area contributed by atoms with Gasteiger partial charge in [-0.3, -0.25) is 0 Å². The Morgan fingerprint density at radius 1 is 1.27 bits per heavy atom. The van der Waals surface area contributed by atoms with Crippen molar-refractivity contribution in [2.24, 2.45) is 0 Å². The minimum absolute atomic E-state index is 0.943. The highest BCUT2D eigenvalue weighted by Gasteiger charge is 2.04. The van der Waals surface area contributed by atoms with Crippen molar-refractivity contribution >= 4 is 11.3 Å². The number of hydrogen-bond donors (Lipinski definition) is 0. The first-order valence-electron chi connectivity index (χ1n) is 3.40. The van der Waals surface area contributed by atoms with Crippen molar-refractivity contribution in [3.8, 4) is 16.9 Å². The highest BCUT2D eigenvalue weighted by Crippen LogP contribution is 2.30. The Bertz CT molecular complexity index is 296. The van der Waals surface area contributed by atoms with E-state index in [9.17, 15) is 0 Å². The lowest BCUT2D eigenvalue weighted by atomic mass is 10.2. The zero-order valence-electron chi connectivity index (χ0n) is 6.20. The summed E-state index contributed by atoms with van der Waals surface area (Å²) in [4.78, 5) is 0. The molecular weight excluding hydrogens is 156 g/mol. The summed E-state index contributed by atoms with van der Waals surface area (Å²) in [6, 6.07) is 6.19. The van der Waals surface area contributed by atoms with Crippen molar-refractivity contribution in [1.82, 2.24) is 0 Å². The Morgan fingerprint density at radius 2 is 2.09 bits per heavy atom. The molecule has 1 nitrogen and oxygen atoms in total. The van der Waals surface area contributed by atoms with Gasteiger partial charge in [0.15, 0.2) is 0 Å². The maximum absolute atomic E-state index is 5.10. The summed E-state index contributed by atoms with van der Waals surface area (Å²) in [7, 11) is 1.69. The first kappa shape index (κ1) is 6.68. The summed E-state index contributed by atoms with van der Waals surface area (Å²) in [5.74, 6) is 0.943. The molecule has 0 N–H and O–H groups in total. The van der Waals surface area contributed by atoms with Gasteiger partial charge in [-0.25, -0.2) is 0 Å². The largest absolute Gasteiger partial charge is 0.497 e. The van der Waals surface area contributed by atoms with Crippen LogP contribution in [0.3, 0.4) is 0 Å². The molecule has 1 aliphatic heterocycles. The first-order valence-corrected chi connectivity index (χ1v) is 4.34. The van der Waals surface area contributed by atoms with Gasteiger partial charge in [-0.1, -0.05) is 0 Å². The summed E-state index contributed by atoms with van der Waals surface area (Å²) in [6.07, 6.45) is 0. The van der Waals surface area contributed by atoms with E-state index in [0.717, 1.165) is 5.75 Å². The molecule has 2 aliphatic rings. The Balaban J connectivity index is 2.60. The number of hydrogen-bond acceptors (Lipinski definition) is 2. The van der Waals surface area contributed by atoms with Crippen molar-refractivity contribution in [3.63, 3.8) is 0 Å². The number of methoxy groups -OCH3 is 1. The molecule has 0 saturated carbocycles. The van der Waals surface area contributed by atoms with Gasteiger partial charge in [0.1, 0.15) is 5.75 Å². The molecule has 0 saturated heterocycles. The molecule has 0 bridgehead atoms. The lowest BCUT2D eigenvalue weighted by molar-refractivity contribution is 0.416. The van der Waals surface area contributed by atoms with Crippen LogP contribution in [0.25, 0.3) is 11.1 Å². The van der Waals surface area contributed by atoms with Gasteiger partial charge in [0.25, 0.3) is 0 Å². The highest BCUT2D eigenvalue weighted by molar-refractivity contribution is 7.07. The predicted octanol–water partition coefficient (Wildman–Crippen LogP) is 2.86. The van der Waals surface area contributed by atoms with Gasteiger partial charge in [-0.2, -0.15) is 11.3 Å². The van der Waals surface area contributed by atoms with Gasteiger partial charge < -0.3 is 4.74 Å². The molecular formula is C9H8OS. The van der Waals surface area contributed by atoms with E-state index in [1.807, 2.05) is 12.1 Å². The van der Waals surface area contributed by atoms with Crippen molar-refractivity contribution in [3.05, 3.63) is 29.0 Å². The lowest BCUT2D eigenvalue weighted by Crippen LogP contribution is -1.74. The molecule has 0 aromatic carbocycles. The van der Waals surface area contributed by atoms with Gasteiger partial charge in [0.05, 0.1) is 7.11 Å². The molecule has 0 spiro atoms. The van der Waals surface area contributed by atoms with Gasteiger partial charge in [0, 0.05) is 0 Å². The molecule has 0 amide bonds. The third-order valence-electron chi connectivity index (χ3n) is 1.69. The van der Waals surface area contributed by atoms with E-state index in [2.05, 4.69) is 16.8 Å². The van der Waals surface area contributed by atoms with Crippen LogP contribution in [0.5, 0.6) is 5.75 Å². The first-order chi connectivity index (χ1) is 5.40. The van der Waals surface area contributed by atoms with E-state index >= 15 is 0 Å². The van der Waals surface area contributed by atoms with Crippen LogP contribution in [0.1, 0.15) is 0 Å². The Morgan fingerprint density at radius 3 is 2.82 bits per heavy atom. The fourth-order valence-electron chi connectivity index (χ4n) is 1.10. The molecule has 0 aromatic heterocycles. The van der Waals surface area contributed by atoms with Crippen LogP contribution in [0, 0.1) is 0 Å². The zero-order valence-corrected chi connectivity index (χ0v) is 7.02. The molecule has 1 heterocycles. The fourth-order valence-corrected chi connectivity index (χ4v) is 1.76. The Labute approximate surface area is 69.6 Å². The Hall–Kier alpha value is -1.02. The van der Waals surface area contributed by atoms with Gasteiger partial charge in [-0.15, -0.1) is 0 Å². The van der Waals surface area contributed by atoms with Gasteiger partial charge in [-0.05, 0) is 40.1 Å². The molecule has 0 unspecified atom stereocenters. The second kappa shape index (κ2) is 2.55. The predicted molar refractivity (Wildman–Crippen MR) is 47.5 cm³/mol. The standard InChI is InChI=1S/C9H8OS/c1-10-9-4-7-2-3-11-6-8(7)5-9/h2-6H,1H3. The third kappa shape index (κ3) is 1.10. The zero-order chi connectivity index (χ0) is 7.68. The van der Waals surface area contributed by atoms with Crippen LogP contribution in [0.4, 0.5) is 0 Å². The van der Waals surface area contributed by atoms with Crippen molar-refractivity contribution < 1.29 is 4.74 Å². The van der Waals surface area contributed by atoms with E-state index in [4.69, 9.17) is 4.74 Å². The van der Waals surface area contributed by atoms with Crippen LogP contribution in [0.2, 0.25) is 0 Å². The summed E-state index contributed by atoms with van der Waals surface area (Å²) in [5, 5.41) is 4.19.